The maximum atomic E-state index is 5.84. The molecule has 0 aliphatic carbocycles. The third kappa shape index (κ3) is 3.81. The van der Waals surface area contributed by atoms with E-state index in [-0.39, 0.29) is 6.10 Å². The summed E-state index contributed by atoms with van der Waals surface area (Å²) in [5.41, 5.74) is 2.28. The van der Waals surface area contributed by atoms with E-state index < -0.39 is 0 Å². The van der Waals surface area contributed by atoms with Gasteiger partial charge in [-0.1, -0.05) is 35.5 Å². The topological polar surface area (TPSA) is 93.5 Å². The number of nitrogens with one attached hydrogen (secondary N) is 2. The second kappa shape index (κ2) is 7.76. The number of aryl methyl sites for hydroxylation is 1. The van der Waals surface area contributed by atoms with E-state index in [1.807, 2.05) is 36.0 Å². The fraction of sp³-hybridized carbons (Fsp3) is 0.444. The van der Waals surface area contributed by atoms with Gasteiger partial charge in [0.1, 0.15) is 11.9 Å². The first-order valence-corrected chi connectivity index (χ1v) is 8.92. The molecule has 0 spiro atoms. The molecule has 26 heavy (non-hydrogen) atoms. The summed E-state index contributed by atoms with van der Waals surface area (Å²) in [6.07, 6.45) is 2.78. The Morgan fingerprint density at radius 1 is 1.31 bits per heavy atom. The molecule has 1 aliphatic rings. The Labute approximate surface area is 152 Å². The molecular formula is C18H23N7O. The monoisotopic (exact) mass is 353 g/mol. The summed E-state index contributed by atoms with van der Waals surface area (Å²) < 4.78 is 7.77. The van der Waals surface area contributed by atoms with Gasteiger partial charge < -0.3 is 10.1 Å². The number of hydrogen-bond donors (Lipinski definition) is 2. The minimum atomic E-state index is -0.0418. The number of nitrogens with zero attached hydrogens (tertiary/aromatic N) is 5. The zero-order chi connectivity index (χ0) is 17.8. The summed E-state index contributed by atoms with van der Waals surface area (Å²) in [6, 6.07) is 10.3. The highest BCUT2D eigenvalue weighted by atomic mass is 16.5. The number of H-pyrrole nitrogens is 1. The number of ether oxygens (including phenoxy) is 1. The Hall–Kier alpha value is -2.58. The van der Waals surface area contributed by atoms with Crippen molar-refractivity contribution in [1.29, 1.82) is 0 Å². The molecule has 4 rings (SSSR count). The summed E-state index contributed by atoms with van der Waals surface area (Å²) in [4.78, 5) is 4.42. The summed E-state index contributed by atoms with van der Waals surface area (Å²) in [5.74, 6) is 1.93. The van der Waals surface area contributed by atoms with Crippen molar-refractivity contribution in [3.05, 3.63) is 59.4 Å². The largest absolute Gasteiger partial charge is 0.370 e. The zero-order valence-corrected chi connectivity index (χ0v) is 14.8. The van der Waals surface area contributed by atoms with Gasteiger partial charge in [-0.2, -0.15) is 5.10 Å². The highest BCUT2D eigenvalue weighted by Gasteiger charge is 2.32. The van der Waals surface area contributed by atoms with Gasteiger partial charge >= 0.3 is 0 Å². The van der Waals surface area contributed by atoms with Crippen LogP contribution in [0.5, 0.6) is 0 Å². The number of aromatic amines is 1. The first-order valence-electron chi connectivity index (χ1n) is 8.92. The molecule has 2 atom stereocenters. The van der Waals surface area contributed by atoms with Crippen LogP contribution in [0.2, 0.25) is 0 Å². The van der Waals surface area contributed by atoms with Gasteiger partial charge in [-0.3, -0.25) is 5.10 Å². The van der Waals surface area contributed by atoms with Crippen molar-refractivity contribution in [2.75, 3.05) is 13.2 Å². The quantitative estimate of drug-likeness (QED) is 0.670. The molecule has 8 nitrogen and oxygen atoms in total. The molecule has 3 aromatic rings. The highest BCUT2D eigenvalue weighted by Crippen LogP contribution is 2.32. The van der Waals surface area contributed by atoms with E-state index in [0.29, 0.717) is 5.92 Å². The number of aromatic nitrogens is 6. The van der Waals surface area contributed by atoms with Gasteiger partial charge in [-0.25, -0.2) is 9.67 Å². The minimum absolute atomic E-state index is 0.0418. The van der Waals surface area contributed by atoms with Crippen molar-refractivity contribution in [2.45, 2.75) is 32.5 Å². The summed E-state index contributed by atoms with van der Waals surface area (Å²) in [6.45, 7) is 4.94. The minimum Gasteiger partial charge on any atom is -0.370 e. The van der Waals surface area contributed by atoms with Crippen molar-refractivity contribution >= 4 is 0 Å². The van der Waals surface area contributed by atoms with Crippen LogP contribution in [-0.2, 0) is 17.8 Å². The van der Waals surface area contributed by atoms with Crippen molar-refractivity contribution < 1.29 is 4.74 Å². The molecule has 0 unspecified atom stereocenters. The van der Waals surface area contributed by atoms with E-state index in [2.05, 4.69) is 42.9 Å². The lowest BCUT2D eigenvalue weighted by molar-refractivity contribution is 0.0835. The van der Waals surface area contributed by atoms with E-state index >= 15 is 0 Å². The molecule has 2 aromatic heterocycles. The Morgan fingerprint density at radius 3 is 3.00 bits per heavy atom. The molecule has 0 radical (unpaired) electrons. The smallest absolute Gasteiger partial charge is 0.179 e. The van der Waals surface area contributed by atoms with Crippen molar-refractivity contribution in [3.8, 4) is 0 Å². The predicted molar refractivity (Wildman–Crippen MR) is 95.2 cm³/mol. The number of hydrogen-bond acceptors (Lipinski definition) is 6. The molecule has 0 saturated carbocycles. The van der Waals surface area contributed by atoms with E-state index in [1.54, 1.807) is 0 Å². The van der Waals surface area contributed by atoms with Gasteiger partial charge in [-0.05, 0) is 18.9 Å². The Balaban J connectivity index is 1.33. The van der Waals surface area contributed by atoms with Crippen LogP contribution in [0.3, 0.4) is 0 Å². The Kier molecular flexibility index (Phi) is 5.03. The molecule has 2 N–H and O–H groups in total. The average Bonchev–Trinajstić information content (AvgIpc) is 3.38. The second-order valence-corrected chi connectivity index (χ2v) is 6.62. The molecule has 3 heterocycles. The second-order valence-electron chi connectivity index (χ2n) is 6.62. The lowest BCUT2D eigenvalue weighted by atomic mass is 10.0. The van der Waals surface area contributed by atoms with E-state index in [4.69, 9.17) is 4.74 Å². The van der Waals surface area contributed by atoms with Gasteiger partial charge in [0.25, 0.3) is 0 Å². The van der Waals surface area contributed by atoms with Crippen LogP contribution in [0.15, 0.2) is 36.5 Å². The summed E-state index contributed by atoms with van der Waals surface area (Å²) in [5, 5.41) is 18.9. The van der Waals surface area contributed by atoms with Crippen molar-refractivity contribution in [2.24, 2.45) is 5.92 Å². The zero-order valence-electron chi connectivity index (χ0n) is 14.8. The number of benzene rings is 1. The molecule has 1 aromatic carbocycles. The molecule has 0 amide bonds. The molecular weight excluding hydrogens is 330 g/mol. The fourth-order valence-corrected chi connectivity index (χ4v) is 3.31. The van der Waals surface area contributed by atoms with Gasteiger partial charge in [0.2, 0.25) is 0 Å². The van der Waals surface area contributed by atoms with Gasteiger partial charge in [0.05, 0.1) is 18.4 Å². The van der Waals surface area contributed by atoms with Crippen LogP contribution in [0.4, 0.5) is 0 Å². The lowest BCUT2D eigenvalue weighted by Crippen LogP contribution is -2.26. The molecule has 1 saturated heterocycles. The van der Waals surface area contributed by atoms with Crippen LogP contribution < -0.4 is 5.32 Å². The first-order chi connectivity index (χ1) is 12.8. The maximum absolute atomic E-state index is 5.84. The maximum Gasteiger partial charge on any atom is 0.179 e. The molecule has 136 valence electrons. The molecule has 0 bridgehead atoms. The highest BCUT2D eigenvalue weighted by molar-refractivity contribution is 5.15. The summed E-state index contributed by atoms with van der Waals surface area (Å²) in [7, 11) is 0. The SMILES string of the molecule is Cc1nc([C@H]2OCC[C@H]2CNCc2cnnn2Cc2ccccc2)n[nH]1. The normalized spacial score (nSPS) is 19.9. The van der Waals surface area contributed by atoms with Crippen molar-refractivity contribution in [1.82, 2.24) is 35.5 Å². The van der Waals surface area contributed by atoms with E-state index in [9.17, 15) is 0 Å². The predicted octanol–water partition coefficient (Wildman–Crippen LogP) is 1.62. The summed E-state index contributed by atoms with van der Waals surface area (Å²) >= 11 is 0. The third-order valence-corrected chi connectivity index (χ3v) is 4.67. The van der Waals surface area contributed by atoms with Crippen LogP contribution in [0.25, 0.3) is 0 Å². The van der Waals surface area contributed by atoms with Crippen LogP contribution in [0.1, 0.15) is 35.4 Å². The number of rotatable bonds is 7. The Morgan fingerprint density at radius 2 is 2.19 bits per heavy atom. The average molecular weight is 353 g/mol. The van der Waals surface area contributed by atoms with Gasteiger partial charge in [0, 0.05) is 25.6 Å². The Bertz CT molecular complexity index is 829. The van der Waals surface area contributed by atoms with Gasteiger partial charge in [0.15, 0.2) is 5.82 Å². The molecule has 1 aliphatic heterocycles. The van der Waals surface area contributed by atoms with Gasteiger partial charge in [-0.15, -0.1) is 5.10 Å². The van der Waals surface area contributed by atoms with Crippen LogP contribution in [-0.4, -0.2) is 43.3 Å². The fourth-order valence-electron chi connectivity index (χ4n) is 3.31. The van der Waals surface area contributed by atoms with E-state index in [1.165, 1.54) is 5.56 Å². The standard InChI is InChI=1S/C18H23N7O/c1-13-21-18(23-22-13)17-15(7-8-26-17)9-19-10-16-11-20-24-25(16)12-14-5-3-2-4-6-14/h2-6,11,15,17,19H,7-10,12H2,1H3,(H,21,22,23)/t15-,17-/m0/s1. The van der Waals surface area contributed by atoms with Crippen LogP contribution >= 0.6 is 0 Å². The van der Waals surface area contributed by atoms with Crippen LogP contribution in [0, 0.1) is 12.8 Å². The molecule has 8 heteroatoms. The molecule has 1 fully saturated rings. The third-order valence-electron chi connectivity index (χ3n) is 4.67. The first kappa shape index (κ1) is 16.9. The lowest BCUT2D eigenvalue weighted by Gasteiger charge is -2.16. The van der Waals surface area contributed by atoms with Crippen molar-refractivity contribution in [3.63, 3.8) is 0 Å². The van der Waals surface area contributed by atoms with E-state index in [0.717, 1.165) is 50.0 Å².